The Morgan fingerprint density at radius 3 is 2.40 bits per heavy atom. The fourth-order valence-electron chi connectivity index (χ4n) is 1.92. The largest absolute Gasteiger partial charge is 0.439 e. The van der Waals surface area contributed by atoms with Crippen molar-refractivity contribution in [2.45, 2.75) is 33.6 Å². The van der Waals surface area contributed by atoms with Gasteiger partial charge in [0.25, 0.3) is 0 Å². The third-order valence-electron chi connectivity index (χ3n) is 2.82. The molecule has 0 unspecified atom stereocenters. The smallest absolute Gasteiger partial charge is 0.224 e. The molecule has 2 rings (SSSR count). The number of halogens is 2. The maximum Gasteiger partial charge on any atom is 0.224 e. The second-order valence-corrected chi connectivity index (χ2v) is 5.85. The Morgan fingerprint density at radius 1 is 1.15 bits per heavy atom. The standard InChI is InChI=1S/C15H16BrClN2O/c1-4-5-13-18-12(17)8-14(19-13)20-11-6-9(2)15(16)10(3)7-11/h6-8H,4-5H2,1-3H3. The van der Waals surface area contributed by atoms with Gasteiger partial charge in [0.2, 0.25) is 5.88 Å². The number of aryl methyl sites for hydroxylation is 3. The topological polar surface area (TPSA) is 35.0 Å². The maximum atomic E-state index is 6.00. The van der Waals surface area contributed by atoms with E-state index in [9.17, 15) is 0 Å². The average Bonchev–Trinajstić information content (AvgIpc) is 2.35. The van der Waals surface area contributed by atoms with E-state index in [2.05, 4.69) is 32.8 Å². The second kappa shape index (κ2) is 6.55. The van der Waals surface area contributed by atoms with Crippen molar-refractivity contribution in [2.75, 3.05) is 0 Å². The zero-order chi connectivity index (χ0) is 14.7. The third kappa shape index (κ3) is 3.70. The van der Waals surface area contributed by atoms with Crippen LogP contribution in [0, 0.1) is 13.8 Å². The van der Waals surface area contributed by atoms with Gasteiger partial charge in [0.1, 0.15) is 16.7 Å². The normalized spacial score (nSPS) is 10.7. The van der Waals surface area contributed by atoms with Crippen LogP contribution in [0.4, 0.5) is 0 Å². The van der Waals surface area contributed by atoms with E-state index >= 15 is 0 Å². The SMILES string of the molecule is CCCc1nc(Cl)cc(Oc2cc(C)c(Br)c(C)c2)n1. The summed E-state index contributed by atoms with van der Waals surface area (Å²) in [4.78, 5) is 8.55. The molecule has 20 heavy (non-hydrogen) atoms. The molecule has 0 aliphatic rings. The van der Waals surface area contributed by atoms with Crippen LogP contribution in [0.3, 0.4) is 0 Å². The summed E-state index contributed by atoms with van der Waals surface area (Å²) in [5, 5.41) is 0.406. The fraction of sp³-hybridized carbons (Fsp3) is 0.333. The number of nitrogens with zero attached hydrogens (tertiary/aromatic N) is 2. The van der Waals surface area contributed by atoms with Gasteiger partial charge in [-0.05, 0) is 43.5 Å². The van der Waals surface area contributed by atoms with Crippen LogP contribution in [0.25, 0.3) is 0 Å². The predicted molar refractivity (Wildman–Crippen MR) is 84.7 cm³/mol. The van der Waals surface area contributed by atoms with Crippen LogP contribution in [-0.4, -0.2) is 9.97 Å². The van der Waals surface area contributed by atoms with Gasteiger partial charge in [-0.15, -0.1) is 0 Å². The quantitative estimate of drug-likeness (QED) is 0.702. The summed E-state index contributed by atoms with van der Waals surface area (Å²) >= 11 is 9.54. The lowest BCUT2D eigenvalue weighted by Gasteiger charge is -2.10. The van der Waals surface area contributed by atoms with Crippen LogP contribution in [0.15, 0.2) is 22.7 Å². The van der Waals surface area contributed by atoms with Crippen LogP contribution in [0.1, 0.15) is 30.3 Å². The van der Waals surface area contributed by atoms with E-state index in [1.54, 1.807) is 6.07 Å². The molecule has 0 atom stereocenters. The maximum absolute atomic E-state index is 6.00. The molecule has 5 heteroatoms. The van der Waals surface area contributed by atoms with Crippen molar-refractivity contribution in [2.24, 2.45) is 0 Å². The van der Waals surface area contributed by atoms with Gasteiger partial charge in [0, 0.05) is 17.0 Å². The van der Waals surface area contributed by atoms with Crippen molar-refractivity contribution < 1.29 is 4.74 Å². The van der Waals surface area contributed by atoms with Gasteiger partial charge >= 0.3 is 0 Å². The molecule has 1 aromatic heterocycles. The number of aromatic nitrogens is 2. The number of hydrogen-bond acceptors (Lipinski definition) is 3. The minimum Gasteiger partial charge on any atom is -0.439 e. The van der Waals surface area contributed by atoms with Crippen LogP contribution in [-0.2, 0) is 6.42 Å². The number of ether oxygens (including phenoxy) is 1. The highest BCUT2D eigenvalue weighted by Gasteiger charge is 2.08. The Morgan fingerprint density at radius 2 is 1.80 bits per heavy atom. The summed E-state index contributed by atoms with van der Waals surface area (Å²) in [5.41, 5.74) is 2.24. The Labute approximate surface area is 132 Å². The first-order valence-electron chi connectivity index (χ1n) is 6.47. The minimum absolute atomic E-state index is 0.406. The predicted octanol–water partition coefficient (Wildman–Crippen LogP) is 5.25. The molecule has 0 spiro atoms. The minimum atomic E-state index is 0.406. The highest BCUT2D eigenvalue weighted by molar-refractivity contribution is 9.10. The first-order valence-corrected chi connectivity index (χ1v) is 7.64. The number of hydrogen-bond donors (Lipinski definition) is 0. The molecule has 2 aromatic rings. The van der Waals surface area contributed by atoms with E-state index in [1.807, 2.05) is 26.0 Å². The van der Waals surface area contributed by atoms with Gasteiger partial charge in [0.05, 0.1) is 0 Å². The third-order valence-corrected chi connectivity index (χ3v) is 4.27. The van der Waals surface area contributed by atoms with Crippen molar-refractivity contribution in [3.05, 3.63) is 44.8 Å². The Kier molecular flexibility index (Phi) is 5.00. The molecule has 0 N–H and O–H groups in total. The van der Waals surface area contributed by atoms with Gasteiger partial charge < -0.3 is 4.74 Å². The molecular formula is C15H16BrClN2O. The van der Waals surface area contributed by atoms with Crippen molar-refractivity contribution in [1.29, 1.82) is 0 Å². The summed E-state index contributed by atoms with van der Waals surface area (Å²) in [6.07, 6.45) is 1.76. The van der Waals surface area contributed by atoms with Crippen LogP contribution in [0.2, 0.25) is 5.15 Å². The van der Waals surface area contributed by atoms with Crippen LogP contribution in [0.5, 0.6) is 11.6 Å². The fourth-order valence-corrected chi connectivity index (χ4v) is 2.34. The van der Waals surface area contributed by atoms with Crippen LogP contribution >= 0.6 is 27.5 Å². The van der Waals surface area contributed by atoms with Crippen molar-refractivity contribution in [1.82, 2.24) is 9.97 Å². The lowest BCUT2D eigenvalue weighted by atomic mass is 10.1. The van der Waals surface area contributed by atoms with Crippen molar-refractivity contribution in [3.63, 3.8) is 0 Å². The molecule has 0 aliphatic carbocycles. The second-order valence-electron chi connectivity index (χ2n) is 4.67. The molecule has 1 aromatic carbocycles. The molecule has 0 amide bonds. The van der Waals surface area contributed by atoms with Gasteiger partial charge in [-0.3, -0.25) is 0 Å². The van der Waals surface area contributed by atoms with Gasteiger partial charge in [-0.25, -0.2) is 4.98 Å². The molecule has 1 heterocycles. The van der Waals surface area contributed by atoms with E-state index < -0.39 is 0 Å². The lowest BCUT2D eigenvalue weighted by molar-refractivity contribution is 0.457. The van der Waals surface area contributed by atoms with E-state index in [0.29, 0.717) is 16.9 Å². The zero-order valence-electron chi connectivity index (χ0n) is 11.7. The Hall–Kier alpha value is -1.13. The highest BCUT2D eigenvalue weighted by Crippen LogP contribution is 2.29. The monoisotopic (exact) mass is 354 g/mol. The average molecular weight is 356 g/mol. The molecular weight excluding hydrogens is 340 g/mol. The Bertz CT molecular complexity index is 608. The number of rotatable bonds is 4. The van der Waals surface area contributed by atoms with Crippen LogP contribution < -0.4 is 4.74 Å². The molecule has 106 valence electrons. The van der Waals surface area contributed by atoms with Gasteiger partial charge in [-0.2, -0.15) is 4.98 Å². The molecule has 0 saturated carbocycles. The highest BCUT2D eigenvalue weighted by atomic mass is 79.9. The van der Waals surface area contributed by atoms with E-state index in [-0.39, 0.29) is 0 Å². The summed E-state index contributed by atoms with van der Waals surface area (Å²) < 4.78 is 6.90. The molecule has 0 saturated heterocycles. The summed E-state index contributed by atoms with van der Waals surface area (Å²) in [6.45, 7) is 6.13. The van der Waals surface area contributed by atoms with E-state index in [4.69, 9.17) is 16.3 Å². The van der Waals surface area contributed by atoms with Crippen molar-refractivity contribution >= 4 is 27.5 Å². The van der Waals surface area contributed by atoms with Crippen molar-refractivity contribution in [3.8, 4) is 11.6 Å². The molecule has 0 radical (unpaired) electrons. The Balaban J connectivity index is 2.30. The number of benzene rings is 1. The summed E-state index contributed by atoms with van der Waals surface area (Å²) in [7, 11) is 0. The summed E-state index contributed by atoms with van der Waals surface area (Å²) in [5.74, 6) is 1.94. The van der Waals surface area contributed by atoms with Gasteiger partial charge in [0.15, 0.2) is 0 Å². The molecule has 0 bridgehead atoms. The molecule has 0 aliphatic heterocycles. The summed E-state index contributed by atoms with van der Waals surface area (Å²) in [6, 6.07) is 5.56. The zero-order valence-corrected chi connectivity index (χ0v) is 14.0. The lowest BCUT2D eigenvalue weighted by Crippen LogP contribution is -1.98. The molecule has 0 fully saturated rings. The van der Waals surface area contributed by atoms with E-state index in [1.165, 1.54) is 0 Å². The van der Waals surface area contributed by atoms with E-state index in [0.717, 1.165) is 34.2 Å². The molecule has 3 nitrogen and oxygen atoms in total. The van der Waals surface area contributed by atoms with Gasteiger partial charge in [-0.1, -0.05) is 34.5 Å². The first-order chi connectivity index (χ1) is 9.49. The first kappa shape index (κ1) is 15.3.